The van der Waals surface area contributed by atoms with Gasteiger partial charge in [0.15, 0.2) is 17.5 Å². The van der Waals surface area contributed by atoms with Crippen LogP contribution in [0.5, 0.6) is 0 Å². The van der Waals surface area contributed by atoms with E-state index in [1.807, 2.05) is 0 Å². The van der Waals surface area contributed by atoms with E-state index >= 15 is 0 Å². The normalized spacial score (nSPS) is 10.3. The molecule has 3 nitrogen and oxygen atoms in total. The smallest absolute Gasteiger partial charge is 0.196 e. The van der Waals surface area contributed by atoms with Crippen molar-refractivity contribution in [1.29, 1.82) is 0 Å². The first-order chi connectivity index (χ1) is 8.08. The summed E-state index contributed by atoms with van der Waals surface area (Å²) >= 11 is 0. The van der Waals surface area contributed by atoms with Gasteiger partial charge in [0.1, 0.15) is 11.6 Å². The number of anilines is 3. The van der Waals surface area contributed by atoms with Crippen molar-refractivity contribution in [3.8, 4) is 0 Å². The number of benzene rings is 1. The number of nitrogens with two attached hydrogens (primary N) is 1. The van der Waals surface area contributed by atoms with Crippen molar-refractivity contribution in [2.24, 2.45) is 0 Å². The Bertz CT molecular complexity index is 558. The maximum Gasteiger partial charge on any atom is 0.196 e. The van der Waals surface area contributed by atoms with Gasteiger partial charge in [-0.3, -0.25) is 0 Å². The van der Waals surface area contributed by atoms with E-state index in [4.69, 9.17) is 5.73 Å². The SMILES string of the molecule is Nc1cccc(Nc2ccc(F)c(F)c2F)n1. The molecule has 0 aliphatic rings. The van der Waals surface area contributed by atoms with Gasteiger partial charge in [0.05, 0.1) is 5.69 Å². The predicted molar refractivity (Wildman–Crippen MR) is 58.2 cm³/mol. The summed E-state index contributed by atoms with van der Waals surface area (Å²) in [5.74, 6) is -3.59. The average Bonchev–Trinajstić information content (AvgIpc) is 2.30. The minimum atomic E-state index is -1.53. The van der Waals surface area contributed by atoms with Gasteiger partial charge in [-0.25, -0.2) is 18.2 Å². The molecule has 0 aliphatic heterocycles. The van der Waals surface area contributed by atoms with E-state index in [-0.39, 0.29) is 17.3 Å². The highest BCUT2D eigenvalue weighted by Gasteiger charge is 2.13. The molecule has 0 atom stereocenters. The summed E-state index contributed by atoms with van der Waals surface area (Å²) in [7, 11) is 0. The van der Waals surface area contributed by atoms with Crippen LogP contribution in [0.1, 0.15) is 0 Å². The second kappa shape index (κ2) is 4.32. The third-order valence-corrected chi connectivity index (χ3v) is 2.07. The molecule has 88 valence electrons. The van der Waals surface area contributed by atoms with Gasteiger partial charge in [0, 0.05) is 0 Å². The monoisotopic (exact) mass is 239 g/mol. The second-order valence-electron chi connectivity index (χ2n) is 3.30. The van der Waals surface area contributed by atoms with E-state index in [0.29, 0.717) is 0 Å². The maximum atomic E-state index is 13.3. The van der Waals surface area contributed by atoms with Gasteiger partial charge in [0.2, 0.25) is 0 Å². The number of pyridine rings is 1. The van der Waals surface area contributed by atoms with Crippen molar-refractivity contribution < 1.29 is 13.2 Å². The van der Waals surface area contributed by atoms with Gasteiger partial charge in [-0.15, -0.1) is 0 Å². The zero-order chi connectivity index (χ0) is 12.4. The minimum absolute atomic E-state index is 0.206. The molecule has 0 amide bonds. The molecule has 3 N–H and O–H groups in total. The molecule has 0 unspecified atom stereocenters. The topological polar surface area (TPSA) is 50.9 Å². The maximum absolute atomic E-state index is 13.3. The molecular formula is C11H8F3N3. The predicted octanol–water partition coefficient (Wildman–Crippen LogP) is 2.82. The van der Waals surface area contributed by atoms with Crippen LogP contribution in [0.25, 0.3) is 0 Å². The molecule has 0 saturated carbocycles. The number of halogens is 3. The van der Waals surface area contributed by atoms with E-state index in [0.717, 1.165) is 12.1 Å². The highest BCUT2D eigenvalue weighted by molar-refractivity contribution is 5.58. The average molecular weight is 239 g/mol. The van der Waals surface area contributed by atoms with Gasteiger partial charge >= 0.3 is 0 Å². The van der Waals surface area contributed by atoms with Gasteiger partial charge in [0.25, 0.3) is 0 Å². The van der Waals surface area contributed by atoms with Crippen molar-refractivity contribution in [3.05, 3.63) is 47.8 Å². The van der Waals surface area contributed by atoms with Crippen molar-refractivity contribution in [1.82, 2.24) is 4.98 Å². The Labute approximate surface area is 95.1 Å². The summed E-state index contributed by atoms with van der Waals surface area (Å²) in [6.45, 7) is 0. The summed E-state index contributed by atoms with van der Waals surface area (Å²) in [4.78, 5) is 3.85. The summed E-state index contributed by atoms with van der Waals surface area (Å²) in [6.07, 6.45) is 0. The Kier molecular flexibility index (Phi) is 2.86. The van der Waals surface area contributed by atoms with Crippen LogP contribution in [0.2, 0.25) is 0 Å². The molecule has 2 rings (SSSR count). The first-order valence-electron chi connectivity index (χ1n) is 4.71. The molecule has 0 fully saturated rings. The number of aromatic nitrogens is 1. The fraction of sp³-hybridized carbons (Fsp3) is 0. The fourth-order valence-corrected chi connectivity index (χ4v) is 1.28. The van der Waals surface area contributed by atoms with E-state index in [2.05, 4.69) is 10.3 Å². The Hall–Kier alpha value is -2.24. The number of nitrogens with one attached hydrogen (secondary N) is 1. The first-order valence-corrected chi connectivity index (χ1v) is 4.71. The van der Waals surface area contributed by atoms with Crippen LogP contribution < -0.4 is 11.1 Å². The van der Waals surface area contributed by atoms with Crippen LogP contribution in [-0.2, 0) is 0 Å². The van der Waals surface area contributed by atoms with Crippen LogP contribution in [0.3, 0.4) is 0 Å². The third kappa shape index (κ3) is 2.30. The molecule has 1 aromatic carbocycles. The molecule has 6 heteroatoms. The molecule has 0 spiro atoms. The molecule has 0 saturated heterocycles. The van der Waals surface area contributed by atoms with Gasteiger partial charge in [-0.2, -0.15) is 0 Å². The largest absolute Gasteiger partial charge is 0.384 e. The van der Waals surface area contributed by atoms with Crippen molar-refractivity contribution in [3.63, 3.8) is 0 Å². The number of nitrogen functional groups attached to an aromatic ring is 1. The Morgan fingerprint density at radius 1 is 1.00 bits per heavy atom. The number of hydrogen-bond donors (Lipinski definition) is 2. The number of hydrogen-bond acceptors (Lipinski definition) is 3. The number of nitrogens with zero attached hydrogens (tertiary/aromatic N) is 1. The van der Waals surface area contributed by atoms with Crippen molar-refractivity contribution in [2.75, 3.05) is 11.1 Å². The molecule has 1 heterocycles. The van der Waals surface area contributed by atoms with Crippen LogP contribution in [0, 0.1) is 17.5 Å². The highest BCUT2D eigenvalue weighted by Crippen LogP contribution is 2.22. The summed E-state index contributed by atoms with van der Waals surface area (Å²) in [5, 5.41) is 2.51. The van der Waals surface area contributed by atoms with E-state index in [9.17, 15) is 13.2 Å². The van der Waals surface area contributed by atoms with Crippen LogP contribution in [0.4, 0.5) is 30.5 Å². The molecule has 0 aliphatic carbocycles. The third-order valence-electron chi connectivity index (χ3n) is 2.07. The summed E-state index contributed by atoms with van der Waals surface area (Å²) in [5.41, 5.74) is 5.22. The lowest BCUT2D eigenvalue weighted by molar-refractivity contribution is 0.449. The zero-order valence-corrected chi connectivity index (χ0v) is 8.55. The van der Waals surface area contributed by atoms with Crippen molar-refractivity contribution in [2.45, 2.75) is 0 Å². The molecule has 0 radical (unpaired) electrons. The lowest BCUT2D eigenvalue weighted by Gasteiger charge is -2.07. The molecule has 1 aromatic heterocycles. The Morgan fingerprint density at radius 3 is 2.47 bits per heavy atom. The molecule has 0 bridgehead atoms. The van der Waals surface area contributed by atoms with E-state index < -0.39 is 17.5 Å². The molecular weight excluding hydrogens is 231 g/mol. The van der Waals surface area contributed by atoms with E-state index in [1.54, 1.807) is 12.1 Å². The lowest BCUT2D eigenvalue weighted by atomic mass is 10.2. The fourth-order valence-electron chi connectivity index (χ4n) is 1.28. The zero-order valence-electron chi connectivity index (χ0n) is 8.55. The quantitative estimate of drug-likeness (QED) is 0.792. The summed E-state index contributed by atoms with van der Waals surface area (Å²) < 4.78 is 38.9. The standard InChI is InChI=1S/C11H8F3N3/c12-6-4-5-7(11(14)10(6)13)16-9-3-1-2-8(15)17-9/h1-5H,(H3,15,16,17). The molecule has 2 aromatic rings. The van der Waals surface area contributed by atoms with Gasteiger partial charge < -0.3 is 11.1 Å². The Balaban J connectivity index is 2.34. The Morgan fingerprint density at radius 2 is 1.76 bits per heavy atom. The van der Waals surface area contributed by atoms with Crippen LogP contribution >= 0.6 is 0 Å². The second-order valence-corrected chi connectivity index (χ2v) is 3.30. The van der Waals surface area contributed by atoms with Crippen LogP contribution in [-0.4, -0.2) is 4.98 Å². The van der Waals surface area contributed by atoms with Crippen molar-refractivity contribution >= 4 is 17.3 Å². The minimum Gasteiger partial charge on any atom is -0.384 e. The van der Waals surface area contributed by atoms with Crippen LogP contribution in [0.15, 0.2) is 30.3 Å². The highest BCUT2D eigenvalue weighted by atomic mass is 19.2. The van der Waals surface area contributed by atoms with Gasteiger partial charge in [-0.05, 0) is 24.3 Å². The molecule has 17 heavy (non-hydrogen) atoms. The van der Waals surface area contributed by atoms with Gasteiger partial charge in [-0.1, -0.05) is 6.07 Å². The summed E-state index contributed by atoms with van der Waals surface area (Å²) in [6, 6.07) is 6.58. The van der Waals surface area contributed by atoms with E-state index in [1.165, 1.54) is 6.07 Å². The lowest BCUT2D eigenvalue weighted by Crippen LogP contribution is -2.01. The number of rotatable bonds is 2. The first kappa shape index (κ1) is 11.3.